The minimum atomic E-state index is -0.907. The number of aliphatic carboxylic acids is 1. The van der Waals surface area contributed by atoms with E-state index in [-0.39, 0.29) is 11.9 Å². The van der Waals surface area contributed by atoms with Crippen LogP contribution in [-0.2, 0) is 9.59 Å². The van der Waals surface area contributed by atoms with E-state index in [9.17, 15) is 9.59 Å². The molecule has 0 radical (unpaired) electrons. The Kier molecular flexibility index (Phi) is 4.59. The largest absolute Gasteiger partial charge is 0.493 e. The Balaban J connectivity index is 2.11. The second-order valence-corrected chi connectivity index (χ2v) is 5.58. The summed E-state index contributed by atoms with van der Waals surface area (Å²) >= 11 is 0. The van der Waals surface area contributed by atoms with Crippen molar-refractivity contribution < 1.29 is 24.2 Å². The van der Waals surface area contributed by atoms with Crippen LogP contribution >= 0.6 is 0 Å². The van der Waals surface area contributed by atoms with Gasteiger partial charge in [0, 0.05) is 0 Å². The summed E-state index contributed by atoms with van der Waals surface area (Å²) in [6, 6.07) is 3.46. The highest BCUT2D eigenvalue weighted by molar-refractivity contribution is 5.89. The third-order valence-electron chi connectivity index (χ3n) is 4.04. The number of aryl methyl sites for hydroxylation is 1. The number of hydrogen-bond donors (Lipinski definition) is 2. The number of carbonyl (C=O) groups excluding carboxylic acids is 1. The van der Waals surface area contributed by atoms with Crippen LogP contribution in [0.4, 0.5) is 0 Å². The van der Waals surface area contributed by atoms with Crippen LogP contribution in [0, 0.1) is 18.8 Å². The molecule has 1 saturated carbocycles. The van der Waals surface area contributed by atoms with Gasteiger partial charge in [-0.1, -0.05) is 0 Å². The third kappa shape index (κ3) is 3.16. The van der Waals surface area contributed by atoms with E-state index < -0.39 is 17.8 Å². The molecular weight excluding hydrogens is 286 g/mol. The summed E-state index contributed by atoms with van der Waals surface area (Å²) in [6.45, 7) is 3.79. The molecule has 0 aromatic heterocycles. The van der Waals surface area contributed by atoms with E-state index in [1.807, 2.05) is 26.0 Å². The molecule has 1 aliphatic rings. The number of benzene rings is 1. The first-order chi connectivity index (χ1) is 10.4. The number of rotatable bonds is 6. The van der Waals surface area contributed by atoms with Crippen molar-refractivity contribution in [3.63, 3.8) is 0 Å². The molecule has 2 rings (SSSR count). The van der Waals surface area contributed by atoms with Gasteiger partial charge in [-0.2, -0.15) is 0 Å². The maximum Gasteiger partial charge on any atom is 0.307 e. The first-order valence-corrected chi connectivity index (χ1v) is 7.14. The first-order valence-electron chi connectivity index (χ1n) is 7.14. The molecule has 1 fully saturated rings. The van der Waals surface area contributed by atoms with Crippen molar-refractivity contribution in [1.82, 2.24) is 5.32 Å². The van der Waals surface area contributed by atoms with E-state index in [2.05, 4.69) is 5.32 Å². The zero-order valence-corrected chi connectivity index (χ0v) is 13.2. The van der Waals surface area contributed by atoms with Gasteiger partial charge in [-0.25, -0.2) is 0 Å². The Labute approximate surface area is 129 Å². The Hall–Kier alpha value is -2.24. The summed E-state index contributed by atoms with van der Waals surface area (Å²) in [4.78, 5) is 22.9. The van der Waals surface area contributed by atoms with E-state index in [1.165, 1.54) is 0 Å². The van der Waals surface area contributed by atoms with E-state index in [0.29, 0.717) is 17.9 Å². The SMILES string of the molecule is COc1cc(C)c(C(C)NC(=O)C2CC2C(=O)O)cc1OC. The minimum absolute atomic E-state index is 0.214. The normalized spacial score (nSPS) is 20.9. The number of hydrogen-bond acceptors (Lipinski definition) is 4. The van der Waals surface area contributed by atoms with Gasteiger partial charge in [0.2, 0.25) is 5.91 Å². The molecule has 0 heterocycles. The summed E-state index contributed by atoms with van der Waals surface area (Å²) in [5.74, 6) is -0.849. The fourth-order valence-corrected chi connectivity index (χ4v) is 2.62. The summed E-state index contributed by atoms with van der Waals surface area (Å²) in [5, 5.41) is 11.8. The van der Waals surface area contributed by atoms with Crippen LogP contribution in [0.3, 0.4) is 0 Å². The Morgan fingerprint density at radius 1 is 1.23 bits per heavy atom. The predicted molar refractivity (Wildman–Crippen MR) is 80.1 cm³/mol. The maximum atomic E-state index is 12.1. The van der Waals surface area contributed by atoms with Crippen molar-refractivity contribution in [3.05, 3.63) is 23.3 Å². The van der Waals surface area contributed by atoms with Gasteiger partial charge >= 0.3 is 5.97 Å². The van der Waals surface area contributed by atoms with Gasteiger partial charge in [0.25, 0.3) is 0 Å². The standard InChI is InChI=1S/C16H21NO5/c1-8-5-13(21-3)14(22-4)7-10(8)9(2)17-15(18)11-6-12(11)16(19)20/h5,7,9,11-12H,6H2,1-4H3,(H,17,18)(H,19,20). The third-order valence-corrected chi connectivity index (χ3v) is 4.04. The fourth-order valence-electron chi connectivity index (χ4n) is 2.62. The van der Waals surface area contributed by atoms with Crippen LogP contribution in [-0.4, -0.2) is 31.2 Å². The number of methoxy groups -OCH3 is 2. The molecule has 22 heavy (non-hydrogen) atoms. The summed E-state index contributed by atoms with van der Waals surface area (Å²) in [5.41, 5.74) is 1.88. The molecule has 0 saturated heterocycles. The second-order valence-electron chi connectivity index (χ2n) is 5.58. The van der Waals surface area contributed by atoms with E-state index in [4.69, 9.17) is 14.6 Å². The van der Waals surface area contributed by atoms with Gasteiger partial charge in [-0.05, 0) is 43.5 Å². The maximum absolute atomic E-state index is 12.1. The smallest absolute Gasteiger partial charge is 0.307 e. The Bertz CT molecular complexity index is 598. The second kappa shape index (κ2) is 6.25. The van der Waals surface area contributed by atoms with Crippen LogP contribution in [0.25, 0.3) is 0 Å². The zero-order chi connectivity index (χ0) is 16.4. The molecule has 0 bridgehead atoms. The van der Waals surface area contributed by atoms with Crippen molar-refractivity contribution in [2.75, 3.05) is 14.2 Å². The first kappa shape index (κ1) is 16.1. The van der Waals surface area contributed by atoms with Gasteiger partial charge in [0.1, 0.15) is 0 Å². The van der Waals surface area contributed by atoms with Crippen LogP contribution in [0.1, 0.15) is 30.5 Å². The Morgan fingerprint density at radius 2 is 1.82 bits per heavy atom. The number of ether oxygens (including phenoxy) is 2. The lowest BCUT2D eigenvalue weighted by Crippen LogP contribution is -2.29. The zero-order valence-electron chi connectivity index (χ0n) is 13.2. The summed E-state index contributed by atoms with van der Waals surface area (Å²) < 4.78 is 10.5. The van der Waals surface area contributed by atoms with Gasteiger partial charge in [-0.3, -0.25) is 9.59 Å². The monoisotopic (exact) mass is 307 g/mol. The van der Waals surface area contributed by atoms with Crippen LogP contribution in [0.15, 0.2) is 12.1 Å². The number of nitrogens with one attached hydrogen (secondary N) is 1. The quantitative estimate of drug-likeness (QED) is 0.838. The van der Waals surface area contributed by atoms with Gasteiger partial charge in [0.05, 0.1) is 32.1 Å². The van der Waals surface area contributed by atoms with Crippen LogP contribution in [0.5, 0.6) is 11.5 Å². The molecule has 1 aromatic carbocycles. The molecule has 1 aromatic rings. The van der Waals surface area contributed by atoms with E-state index in [0.717, 1.165) is 11.1 Å². The molecule has 3 atom stereocenters. The number of amides is 1. The lowest BCUT2D eigenvalue weighted by molar-refractivity contribution is -0.140. The van der Waals surface area contributed by atoms with Crippen LogP contribution < -0.4 is 14.8 Å². The number of carbonyl (C=O) groups is 2. The van der Waals surface area contributed by atoms with Crippen molar-refractivity contribution in [1.29, 1.82) is 0 Å². The van der Waals surface area contributed by atoms with Gasteiger partial charge < -0.3 is 19.9 Å². The average molecular weight is 307 g/mol. The predicted octanol–water partition coefficient (Wildman–Crippen LogP) is 1.91. The highest BCUT2D eigenvalue weighted by Gasteiger charge is 2.48. The molecule has 1 amide bonds. The molecular formula is C16H21NO5. The fraction of sp³-hybridized carbons (Fsp3) is 0.500. The topological polar surface area (TPSA) is 84.9 Å². The Morgan fingerprint density at radius 3 is 2.32 bits per heavy atom. The van der Waals surface area contributed by atoms with Crippen molar-refractivity contribution in [2.24, 2.45) is 11.8 Å². The van der Waals surface area contributed by atoms with Crippen molar-refractivity contribution >= 4 is 11.9 Å². The molecule has 3 unspecified atom stereocenters. The lowest BCUT2D eigenvalue weighted by Gasteiger charge is -2.19. The van der Waals surface area contributed by atoms with Gasteiger partial charge in [0.15, 0.2) is 11.5 Å². The highest BCUT2D eigenvalue weighted by atomic mass is 16.5. The number of carboxylic acids is 1. The molecule has 120 valence electrons. The van der Waals surface area contributed by atoms with Gasteiger partial charge in [-0.15, -0.1) is 0 Å². The summed E-state index contributed by atoms with van der Waals surface area (Å²) in [7, 11) is 3.13. The highest BCUT2D eigenvalue weighted by Crippen LogP contribution is 2.39. The lowest BCUT2D eigenvalue weighted by atomic mass is 10.0. The molecule has 0 aliphatic heterocycles. The minimum Gasteiger partial charge on any atom is -0.493 e. The van der Waals surface area contributed by atoms with Crippen molar-refractivity contribution in [3.8, 4) is 11.5 Å². The molecule has 6 nitrogen and oxygen atoms in total. The van der Waals surface area contributed by atoms with E-state index in [1.54, 1.807) is 14.2 Å². The van der Waals surface area contributed by atoms with Crippen LogP contribution in [0.2, 0.25) is 0 Å². The van der Waals surface area contributed by atoms with Crippen molar-refractivity contribution in [2.45, 2.75) is 26.3 Å². The molecule has 6 heteroatoms. The number of carboxylic acid groups (broad SMARTS) is 1. The molecule has 2 N–H and O–H groups in total. The van der Waals surface area contributed by atoms with E-state index >= 15 is 0 Å². The molecule has 1 aliphatic carbocycles. The average Bonchev–Trinajstić information content (AvgIpc) is 3.27. The summed E-state index contributed by atoms with van der Waals surface area (Å²) in [6.07, 6.45) is 0.415. The molecule has 0 spiro atoms.